The number of likely N-dealkylation sites (tertiary alicyclic amines) is 1. The Hall–Kier alpha value is -1.21. The van der Waals surface area contributed by atoms with Gasteiger partial charge in [0.05, 0.1) is 5.92 Å². The molecule has 4 nitrogen and oxygen atoms in total. The van der Waals surface area contributed by atoms with Gasteiger partial charge in [-0.2, -0.15) is 8.78 Å². The summed E-state index contributed by atoms with van der Waals surface area (Å²) < 4.78 is 30.1. The van der Waals surface area contributed by atoms with Gasteiger partial charge in [-0.25, -0.2) is 0 Å². The number of carboxylic acid groups (broad SMARTS) is 1. The molecule has 0 aliphatic carbocycles. The van der Waals surface area contributed by atoms with E-state index in [2.05, 4.69) is 20.7 Å². The van der Waals surface area contributed by atoms with E-state index in [0.29, 0.717) is 25.2 Å². The van der Waals surface area contributed by atoms with E-state index in [1.54, 1.807) is 12.1 Å². The van der Waals surface area contributed by atoms with E-state index in [0.717, 1.165) is 4.47 Å². The molecule has 0 amide bonds. The molecule has 1 saturated heterocycles. The van der Waals surface area contributed by atoms with Crippen LogP contribution < -0.4 is 4.74 Å². The summed E-state index contributed by atoms with van der Waals surface area (Å²) in [6.45, 7) is 0.426. The Morgan fingerprint density at radius 1 is 1.52 bits per heavy atom. The molecule has 2 atom stereocenters. The lowest BCUT2D eigenvalue weighted by Gasteiger charge is -2.18. The van der Waals surface area contributed by atoms with Crippen LogP contribution >= 0.6 is 15.9 Å². The van der Waals surface area contributed by atoms with Gasteiger partial charge in [0.1, 0.15) is 5.75 Å². The second-order valence-corrected chi connectivity index (χ2v) is 6.16. The van der Waals surface area contributed by atoms with Crippen LogP contribution in [0.5, 0.6) is 5.75 Å². The third kappa shape index (κ3) is 4.14. The monoisotopic (exact) mass is 363 g/mol. The van der Waals surface area contributed by atoms with Gasteiger partial charge in [0.25, 0.3) is 0 Å². The van der Waals surface area contributed by atoms with Crippen LogP contribution in [0.4, 0.5) is 8.78 Å². The van der Waals surface area contributed by atoms with Gasteiger partial charge < -0.3 is 9.84 Å². The van der Waals surface area contributed by atoms with Crippen molar-refractivity contribution < 1.29 is 23.4 Å². The van der Waals surface area contributed by atoms with Crippen molar-refractivity contribution in [1.29, 1.82) is 0 Å². The number of halogens is 3. The van der Waals surface area contributed by atoms with Crippen LogP contribution in [-0.4, -0.2) is 35.7 Å². The van der Waals surface area contributed by atoms with Crippen LogP contribution in [0.3, 0.4) is 0 Å². The summed E-state index contributed by atoms with van der Waals surface area (Å²) in [5.74, 6) is -1.08. The molecule has 0 saturated carbocycles. The predicted molar refractivity (Wildman–Crippen MR) is 76.3 cm³/mol. The Kier molecular flexibility index (Phi) is 5.16. The van der Waals surface area contributed by atoms with Crippen molar-refractivity contribution in [1.82, 2.24) is 4.90 Å². The summed E-state index contributed by atoms with van der Waals surface area (Å²) in [6.07, 6.45) is 0. The smallest absolute Gasteiger partial charge is 0.387 e. The molecule has 0 unspecified atom stereocenters. The van der Waals surface area contributed by atoms with Crippen LogP contribution in [0, 0.1) is 11.8 Å². The molecule has 1 aliphatic heterocycles. The normalized spacial score (nSPS) is 22.7. The van der Waals surface area contributed by atoms with E-state index in [-0.39, 0.29) is 11.7 Å². The quantitative estimate of drug-likeness (QED) is 0.872. The molecule has 0 aromatic heterocycles. The average Bonchev–Trinajstić information content (AvgIpc) is 2.73. The van der Waals surface area contributed by atoms with Crippen molar-refractivity contribution in [2.75, 3.05) is 13.1 Å². The Balaban J connectivity index is 2.12. The molecule has 1 aromatic carbocycles. The van der Waals surface area contributed by atoms with E-state index in [1.807, 2.05) is 11.8 Å². The van der Waals surface area contributed by atoms with Crippen LogP contribution in [0.1, 0.15) is 12.5 Å². The number of carbonyl (C=O) groups is 1. The van der Waals surface area contributed by atoms with Gasteiger partial charge in [-0.05, 0) is 24.1 Å². The summed E-state index contributed by atoms with van der Waals surface area (Å²) in [5, 5.41) is 9.13. The lowest BCUT2D eigenvalue weighted by Crippen LogP contribution is -2.23. The molecule has 1 heterocycles. The number of hydrogen-bond acceptors (Lipinski definition) is 3. The maximum atomic E-state index is 12.4. The molecule has 1 N–H and O–H groups in total. The van der Waals surface area contributed by atoms with Crippen molar-refractivity contribution in [2.24, 2.45) is 11.8 Å². The van der Waals surface area contributed by atoms with Crippen LogP contribution in [0.2, 0.25) is 0 Å². The zero-order valence-corrected chi connectivity index (χ0v) is 13.0. The number of ether oxygens (including phenoxy) is 1. The van der Waals surface area contributed by atoms with Gasteiger partial charge in [0.2, 0.25) is 0 Å². The lowest BCUT2D eigenvalue weighted by atomic mass is 9.99. The van der Waals surface area contributed by atoms with E-state index >= 15 is 0 Å². The first-order valence-corrected chi connectivity index (χ1v) is 7.34. The predicted octanol–water partition coefficient (Wildman–Crippen LogP) is 3.20. The molecule has 0 spiro atoms. The number of benzene rings is 1. The molecular weight excluding hydrogens is 348 g/mol. The van der Waals surface area contributed by atoms with Gasteiger partial charge in [-0.15, -0.1) is 0 Å². The Morgan fingerprint density at radius 2 is 2.24 bits per heavy atom. The van der Waals surface area contributed by atoms with Crippen molar-refractivity contribution in [3.63, 3.8) is 0 Å². The molecule has 1 aromatic rings. The highest BCUT2D eigenvalue weighted by atomic mass is 79.9. The molecule has 116 valence electrons. The first-order valence-electron chi connectivity index (χ1n) is 6.55. The number of hydrogen-bond donors (Lipinski definition) is 1. The highest BCUT2D eigenvalue weighted by Crippen LogP contribution is 2.30. The standard InChI is InChI=1S/C14H16BrF2NO3/c1-8-5-18(7-11(8)13(19)20)6-9-4-10(15)2-3-12(9)21-14(16)17/h2-4,8,11,14H,5-7H2,1H3,(H,19,20)/t8-,11-/m1/s1. The number of nitrogens with zero attached hydrogens (tertiary/aromatic N) is 1. The van der Waals surface area contributed by atoms with Gasteiger partial charge in [0.15, 0.2) is 0 Å². The highest BCUT2D eigenvalue weighted by molar-refractivity contribution is 9.10. The zero-order valence-electron chi connectivity index (χ0n) is 11.4. The molecular formula is C14H16BrF2NO3. The van der Waals surface area contributed by atoms with Gasteiger partial charge >= 0.3 is 12.6 Å². The largest absolute Gasteiger partial charge is 0.481 e. The van der Waals surface area contributed by atoms with Crippen molar-refractivity contribution in [2.45, 2.75) is 20.1 Å². The summed E-state index contributed by atoms with van der Waals surface area (Å²) in [5.41, 5.74) is 0.614. The molecule has 21 heavy (non-hydrogen) atoms. The number of carboxylic acids is 1. The third-order valence-corrected chi connectivity index (χ3v) is 4.13. The fourth-order valence-corrected chi connectivity index (χ4v) is 3.05. The Morgan fingerprint density at radius 3 is 2.81 bits per heavy atom. The number of alkyl halides is 2. The summed E-state index contributed by atoms with van der Waals surface area (Å²) in [6, 6.07) is 4.84. The maximum Gasteiger partial charge on any atom is 0.387 e. The summed E-state index contributed by atoms with van der Waals surface area (Å²) in [7, 11) is 0. The molecule has 1 fully saturated rings. The topological polar surface area (TPSA) is 49.8 Å². The highest BCUT2D eigenvalue weighted by Gasteiger charge is 2.34. The van der Waals surface area contributed by atoms with Crippen LogP contribution in [0.25, 0.3) is 0 Å². The average molecular weight is 364 g/mol. The third-order valence-electron chi connectivity index (χ3n) is 3.64. The lowest BCUT2D eigenvalue weighted by molar-refractivity contribution is -0.142. The second-order valence-electron chi connectivity index (χ2n) is 5.25. The second kappa shape index (κ2) is 6.70. The fraction of sp³-hybridized carbons (Fsp3) is 0.500. The number of aliphatic carboxylic acids is 1. The van der Waals surface area contributed by atoms with Crippen molar-refractivity contribution in [3.8, 4) is 5.75 Å². The van der Waals surface area contributed by atoms with Gasteiger partial charge in [0, 0.05) is 29.7 Å². The maximum absolute atomic E-state index is 12.4. The van der Waals surface area contributed by atoms with E-state index in [1.165, 1.54) is 6.07 Å². The Bertz CT molecular complexity index is 527. The molecule has 1 aliphatic rings. The van der Waals surface area contributed by atoms with Crippen LogP contribution in [-0.2, 0) is 11.3 Å². The fourth-order valence-electron chi connectivity index (χ4n) is 2.64. The minimum Gasteiger partial charge on any atom is -0.481 e. The Labute approximate surface area is 129 Å². The zero-order chi connectivity index (χ0) is 15.6. The first kappa shape index (κ1) is 16.2. The van der Waals surface area contributed by atoms with Gasteiger partial charge in [-0.1, -0.05) is 22.9 Å². The molecule has 0 bridgehead atoms. The van der Waals surface area contributed by atoms with Crippen LogP contribution in [0.15, 0.2) is 22.7 Å². The van der Waals surface area contributed by atoms with Gasteiger partial charge in [-0.3, -0.25) is 9.69 Å². The summed E-state index contributed by atoms with van der Waals surface area (Å²) >= 11 is 3.30. The van der Waals surface area contributed by atoms with Crippen molar-refractivity contribution >= 4 is 21.9 Å². The molecule has 7 heteroatoms. The van der Waals surface area contributed by atoms with E-state index in [9.17, 15) is 13.6 Å². The SMILES string of the molecule is C[C@@H]1CN(Cc2cc(Br)ccc2OC(F)F)C[C@H]1C(=O)O. The first-order chi connectivity index (χ1) is 9.86. The number of rotatable bonds is 5. The summed E-state index contributed by atoms with van der Waals surface area (Å²) in [4.78, 5) is 13.1. The minimum atomic E-state index is -2.88. The molecule has 0 radical (unpaired) electrons. The van der Waals surface area contributed by atoms with E-state index < -0.39 is 18.5 Å². The minimum absolute atomic E-state index is 0.0362. The van der Waals surface area contributed by atoms with Crippen molar-refractivity contribution in [3.05, 3.63) is 28.2 Å². The van der Waals surface area contributed by atoms with E-state index in [4.69, 9.17) is 5.11 Å². The molecule has 2 rings (SSSR count).